The number of nitrogens with zero attached hydrogens (tertiary/aromatic N) is 5. The molecule has 0 aliphatic heterocycles. The Balaban J connectivity index is 1.53. The van der Waals surface area contributed by atoms with E-state index in [1.165, 1.54) is 0 Å². The van der Waals surface area contributed by atoms with Gasteiger partial charge >= 0.3 is 6.18 Å². The molecule has 0 spiro atoms. The Hall–Kier alpha value is -3.96. The number of pyridine rings is 1. The van der Waals surface area contributed by atoms with E-state index in [0.717, 1.165) is 12.1 Å². The zero-order chi connectivity index (χ0) is 26.4. The van der Waals surface area contributed by atoms with E-state index in [-0.39, 0.29) is 23.4 Å². The van der Waals surface area contributed by atoms with Crippen LogP contribution in [-0.4, -0.2) is 48.2 Å². The number of aromatic amines is 2. The van der Waals surface area contributed by atoms with Crippen molar-refractivity contribution in [3.8, 4) is 39.7 Å². The number of hydrogen-bond donors (Lipinski definition) is 2. The molecule has 0 aliphatic carbocycles. The maximum Gasteiger partial charge on any atom is 0.389 e. The highest BCUT2D eigenvalue weighted by Crippen LogP contribution is 2.30. The van der Waals surface area contributed by atoms with Crippen LogP contribution in [-0.2, 0) is 6.54 Å². The number of hydrogen-bond acceptors (Lipinski definition) is 6. The van der Waals surface area contributed by atoms with E-state index >= 15 is 0 Å². The van der Waals surface area contributed by atoms with Gasteiger partial charge in [0.05, 0.1) is 17.9 Å². The van der Waals surface area contributed by atoms with Crippen LogP contribution >= 0.6 is 0 Å². The number of unbranched alkanes of at least 4 members (excludes halogenated alkanes) is 2. The average Bonchev–Trinajstić information content (AvgIpc) is 3.52. The van der Waals surface area contributed by atoms with Gasteiger partial charge in [-0.05, 0) is 72.4 Å². The highest BCUT2D eigenvalue weighted by molar-refractivity contribution is 5.81. The van der Waals surface area contributed by atoms with Crippen LogP contribution in [0.25, 0.3) is 33.9 Å². The fourth-order valence-corrected chi connectivity index (χ4v) is 3.91. The lowest BCUT2D eigenvalue weighted by Crippen LogP contribution is -2.13. The number of benzene rings is 1. The van der Waals surface area contributed by atoms with Gasteiger partial charge in [0.1, 0.15) is 5.75 Å². The van der Waals surface area contributed by atoms with E-state index in [1.807, 2.05) is 23.0 Å². The van der Waals surface area contributed by atoms with Gasteiger partial charge in [-0.3, -0.25) is 9.48 Å². The fraction of sp³-hybridized carbons (Fsp3) is 0.400. The highest BCUT2D eigenvalue weighted by atomic mass is 19.4. The Morgan fingerprint density at radius 3 is 2.54 bits per heavy atom. The van der Waals surface area contributed by atoms with E-state index < -0.39 is 12.6 Å². The number of H-pyrrole nitrogens is 2. The van der Waals surface area contributed by atoms with E-state index in [0.29, 0.717) is 48.1 Å². The zero-order valence-electron chi connectivity index (χ0n) is 20.5. The molecule has 0 radical (unpaired) electrons. The van der Waals surface area contributed by atoms with Crippen molar-refractivity contribution in [2.45, 2.75) is 52.3 Å². The summed E-state index contributed by atoms with van der Waals surface area (Å²) >= 11 is 0. The third-order valence-electron chi connectivity index (χ3n) is 5.61. The summed E-state index contributed by atoms with van der Waals surface area (Å²) in [6.45, 7) is 5.26. The number of aromatic nitrogens is 7. The van der Waals surface area contributed by atoms with Crippen molar-refractivity contribution in [2.75, 3.05) is 6.61 Å². The standard InChI is InChI=1S/C25H28F3N7O2/c1-16(2)15-35-12-10-20(32-35)19-14-21(29-24(36)22(19)23-30-33-34-31-23)17-6-8-18(9-7-17)37-13-5-3-4-11-25(26,27)28/h6-10,12,14,16H,3-5,11,13,15H2,1-2H3,(H,29,36)(H,30,31,33,34). The Morgan fingerprint density at radius 2 is 1.86 bits per heavy atom. The molecule has 3 aromatic heterocycles. The topological polar surface area (TPSA) is 114 Å². The van der Waals surface area contributed by atoms with Crippen molar-refractivity contribution < 1.29 is 17.9 Å². The molecule has 1 aromatic carbocycles. The van der Waals surface area contributed by atoms with Crippen molar-refractivity contribution in [1.29, 1.82) is 0 Å². The van der Waals surface area contributed by atoms with Crippen LogP contribution in [0.2, 0.25) is 0 Å². The minimum absolute atomic E-state index is 0.0943. The molecule has 0 bridgehead atoms. The van der Waals surface area contributed by atoms with E-state index in [9.17, 15) is 18.0 Å². The normalized spacial score (nSPS) is 11.8. The summed E-state index contributed by atoms with van der Waals surface area (Å²) in [5, 5.41) is 18.6. The van der Waals surface area contributed by atoms with Gasteiger partial charge in [0.25, 0.3) is 5.56 Å². The number of ether oxygens (including phenoxy) is 1. The third-order valence-corrected chi connectivity index (χ3v) is 5.61. The van der Waals surface area contributed by atoms with Crippen LogP contribution in [0.15, 0.2) is 47.4 Å². The van der Waals surface area contributed by atoms with Gasteiger partial charge in [0, 0.05) is 30.4 Å². The molecular formula is C25H28F3N7O2. The van der Waals surface area contributed by atoms with Gasteiger partial charge in [-0.1, -0.05) is 13.8 Å². The number of rotatable bonds is 11. The smallest absolute Gasteiger partial charge is 0.389 e. The van der Waals surface area contributed by atoms with Crippen LogP contribution < -0.4 is 10.3 Å². The molecule has 37 heavy (non-hydrogen) atoms. The Labute approximate surface area is 211 Å². The second-order valence-corrected chi connectivity index (χ2v) is 9.15. The minimum atomic E-state index is -4.12. The van der Waals surface area contributed by atoms with Gasteiger partial charge in [-0.2, -0.15) is 23.5 Å². The van der Waals surface area contributed by atoms with Crippen molar-refractivity contribution in [1.82, 2.24) is 35.4 Å². The van der Waals surface area contributed by atoms with Crippen molar-refractivity contribution in [3.63, 3.8) is 0 Å². The molecule has 0 atom stereocenters. The molecular weight excluding hydrogens is 487 g/mol. The molecule has 4 rings (SSSR count). The molecule has 196 valence electrons. The highest BCUT2D eigenvalue weighted by Gasteiger charge is 2.25. The molecule has 2 N–H and O–H groups in total. The molecule has 0 aliphatic rings. The third kappa shape index (κ3) is 7.05. The first-order valence-corrected chi connectivity index (χ1v) is 12.0. The summed E-state index contributed by atoms with van der Waals surface area (Å²) in [6.07, 6.45) is -1.94. The fourth-order valence-electron chi connectivity index (χ4n) is 3.91. The largest absolute Gasteiger partial charge is 0.494 e. The molecule has 9 nitrogen and oxygen atoms in total. The van der Waals surface area contributed by atoms with Gasteiger partial charge in [-0.25, -0.2) is 0 Å². The SMILES string of the molecule is CC(C)Cn1ccc(-c2cc(-c3ccc(OCCCCCC(F)(F)F)cc3)[nH]c(=O)c2-c2nn[nH]n2)n1. The molecule has 0 unspecified atom stereocenters. The summed E-state index contributed by atoms with van der Waals surface area (Å²) in [6, 6.07) is 10.8. The van der Waals surface area contributed by atoms with Crippen molar-refractivity contribution in [2.24, 2.45) is 5.92 Å². The quantitative estimate of drug-likeness (QED) is 0.264. The van der Waals surface area contributed by atoms with Crippen LogP contribution in [0.5, 0.6) is 5.75 Å². The maximum absolute atomic E-state index is 13.1. The second kappa shape index (κ2) is 11.4. The second-order valence-electron chi connectivity index (χ2n) is 9.15. The first-order chi connectivity index (χ1) is 17.7. The van der Waals surface area contributed by atoms with E-state index in [1.54, 1.807) is 24.3 Å². The lowest BCUT2D eigenvalue weighted by atomic mass is 10.0. The average molecular weight is 516 g/mol. The number of nitrogens with one attached hydrogen (secondary N) is 2. The summed E-state index contributed by atoms with van der Waals surface area (Å²) in [7, 11) is 0. The molecule has 12 heteroatoms. The van der Waals surface area contributed by atoms with Crippen molar-refractivity contribution in [3.05, 3.63) is 52.9 Å². The first-order valence-electron chi connectivity index (χ1n) is 12.0. The van der Waals surface area contributed by atoms with E-state index in [2.05, 4.69) is 44.6 Å². The molecule has 0 saturated heterocycles. The van der Waals surface area contributed by atoms with Gasteiger partial charge in [-0.15, -0.1) is 10.2 Å². The van der Waals surface area contributed by atoms with Crippen molar-refractivity contribution >= 4 is 0 Å². The lowest BCUT2D eigenvalue weighted by molar-refractivity contribution is -0.135. The Kier molecular flexibility index (Phi) is 8.04. The summed E-state index contributed by atoms with van der Waals surface area (Å²) in [5.74, 6) is 1.16. The van der Waals surface area contributed by atoms with Crippen LogP contribution in [0.1, 0.15) is 39.5 Å². The number of halogens is 3. The van der Waals surface area contributed by atoms with Gasteiger partial charge < -0.3 is 9.72 Å². The van der Waals surface area contributed by atoms with Gasteiger partial charge in [0.15, 0.2) is 0 Å². The predicted octanol–water partition coefficient (Wildman–Crippen LogP) is 5.24. The van der Waals surface area contributed by atoms with Gasteiger partial charge in [0.2, 0.25) is 5.82 Å². The summed E-state index contributed by atoms with van der Waals surface area (Å²) in [4.78, 5) is 16.0. The predicted molar refractivity (Wildman–Crippen MR) is 132 cm³/mol. The molecule has 3 heterocycles. The lowest BCUT2D eigenvalue weighted by Gasteiger charge is -2.10. The molecule has 0 amide bonds. The molecule has 0 fully saturated rings. The molecule has 4 aromatic rings. The van der Waals surface area contributed by atoms with Crippen LogP contribution in [0, 0.1) is 5.92 Å². The Morgan fingerprint density at radius 1 is 1.08 bits per heavy atom. The maximum atomic E-state index is 13.1. The minimum Gasteiger partial charge on any atom is -0.494 e. The number of tetrazole rings is 1. The summed E-state index contributed by atoms with van der Waals surface area (Å²) in [5.41, 5.74) is 2.38. The zero-order valence-corrected chi connectivity index (χ0v) is 20.5. The van der Waals surface area contributed by atoms with Crippen LogP contribution in [0.4, 0.5) is 13.2 Å². The summed E-state index contributed by atoms with van der Waals surface area (Å²) < 4.78 is 44.2. The Bertz CT molecular complexity index is 1340. The monoisotopic (exact) mass is 515 g/mol. The van der Waals surface area contributed by atoms with E-state index in [4.69, 9.17) is 4.74 Å². The molecule has 0 saturated carbocycles. The first kappa shape index (κ1) is 26.1. The number of alkyl halides is 3. The van der Waals surface area contributed by atoms with Crippen LogP contribution in [0.3, 0.4) is 0 Å².